The average Bonchev–Trinajstić information content (AvgIpc) is 3.40. The number of carbonyl (C=O) groups excluding carboxylic acids is 2. The number of nitrogens with zero attached hydrogens (tertiary/aromatic N) is 1. The molecule has 10 heteroatoms. The summed E-state index contributed by atoms with van der Waals surface area (Å²) >= 11 is 0. The van der Waals surface area contributed by atoms with Crippen molar-refractivity contribution in [3.05, 3.63) is 24.3 Å². The van der Waals surface area contributed by atoms with Gasteiger partial charge in [0.15, 0.2) is 0 Å². The summed E-state index contributed by atoms with van der Waals surface area (Å²) in [5, 5.41) is 3.05. The maximum Gasteiger partial charge on any atom is 0.306 e. The highest BCUT2D eigenvalue weighted by atomic mass is 31.2. The van der Waals surface area contributed by atoms with Crippen LogP contribution >= 0.6 is 7.82 Å². The van der Waals surface area contributed by atoms with E-state index in [0.29, 0.717) is 17.4 Å². The molecule has 0 radical (unpaired) electrons. The number of phosphoric acid groups is 1. The monoisotopic (exact) mass is 1120 g/mol. The van der Waals surface area contributed by atoms with Crippen molar-refractivity contribution in [2.24, 2.45) is 0 Å². The maximum atomic E-state index is 13.6. The molecule has 0 spiro atoms. The van der Waals surface area contributed by atoms with Crippen LogP contribution in [0.1, 0.15) is 348 Å². The average molecular weight is 1120 g/mol. The number of amides is 1. The van der Waals surface area contributed by atoms with Crippen LogP contribution in [-0.4, -0.2) is 69.4 Å². The molecule has 0 aromatic rings. The van der Waals surface area contributed by atoms with E-state index in [1.165, 1.54) is 257 Å². The number of hydrogen-bond acceptors (Lipinski definition) is 7. The number of allylic oxidation sites excluding steroid dienone is 3. The predicted octanol–water partition coefficient (Wildman–Crippen LogP) is 20.7. The van der Waals surface area contributed by atoms with E-state index in [-0.39, 0.29) is 31.5 Å². The van der Waals surface area contributed by atoms with Gasteiger partial charge in [0, 0.05) is 12.8 Å². The van der Waals surface area contributed by atoms with Gasteiger partial charge in [-0.2, -0.15) is 0 Å². The van der Waals surface area contributed by atoms with E-state index in [1.807, 2.05) is 33.3 Å². The van der Waals surface area contributed by atoms with Crippen molar-refractivity contribution in [2.45, 2.75) is 360 Å². The number of hydrogen-bond donors (Lipinski definition) is 1. The number of esters is 1. The molecular weight excluding hydrogens is 988 g/mol. The molecule has 78 heavy (non-hydrogen) atoms. The van der Waals surface area contributed by atoms with Gasteiger partial charge in [0.2, 0.25) is 5.91 Å². The van der Waals surface area contributed by atoms with Gasteiger partial charge in [0.25, 0.3) is 7.82 Å². The van der Waals surface area contributed by atoms with Gasteiger partial charge in [-0.05, 0) is 57.4 Å². The lowest BCUT2D eigenvalue weighted by Gasteiger charge is -2.30. The molecule has 0 bridgehead atoms. The lowest BCUT2D eigenvalue weighted by molar-refractivity contribution is -0.870. The molecule has 0 aromatic heterocycles. The summed E-state index contributed by atoms with van der Waals surface area (Å²) in [5.74, 6) is -0.521. The Morgan fingerprint density at radius 1 is 0.436 bits per heavy atom. The first-order valence-electron chi connectivity index (χ1n) is 34.1. The van der Waals surface area contributed by atoms with Crippen LogP contribution in [0.2, 0.25) is 0 Å². The van der Waals surface area contributed by atoms with Gasteiger partial charge >= 0.3 is 5.97 Å². The van der Waals surface area contributed by atoms with E-state index in [9.17, 15) is 19.0 Å². The Morgan fingerprint density at radius 3 is 1.09 bits per heavy atom. The molecule has 462 valence electrons. The second kappa shape index (κ2) is 58.7. The predicted molar refractivity (Wildman–Crippen MR) is 335 cm³/mol. The first-order chi connectivity index (χ1) is 37.9. The van der Waals surface area contributed by atoms with E-state index in [2.05, 4.69) is 38.2 Å². The SMILES string of the molecule is CCCCCCCC/C=C/CCCCCCCCCCCCCC(=O)NC(COP(=O)([O-])OCC[N+](C)(C)C)C(/C=C/CCCCCCCCCCCC)OC(=O)CCCCCCCCCCCCCCCCCCCCC. The van der Waals surface area contributed by atoms with Gasteiger partial charge in [0.1, 0.15) is 19.3 Å². The van der Waals surface area contributed by atoms with Crippen LogP contribution in [0.3, 0.4) is 0 Å². The van der Waals surface area contributed by atoms with E-state index in [4.69, 9.17) is 13.8 Å². The van der Waals surface area contributed by atoms with Crippen LogP contribution < -0.4 is 10.2 Å². The van der Waals surface area contributed by atoms with Crippen LogP contribution in [0.4, 0.5) is 0 Å². The highest BCUT2D eigenvalue weighted by Gasteiger charge is 2.27. The van der Waals surface area contributed by atoms with Crippen LogP contribution in [0, 0.1) is 0 Å². The summed E-state index contributed by atoms with van der Waals surface area (Å²) in [6, 6.07) is -0.883. The first-order valence-corrected chi connectivity index (χ1v) is 35.6. The number of nitrogens with one attached hydrogen (secondary N) is 1. The summed E-state index contributed by atoms with van der Waals surface area (Å²) in [6.45, 7) is 6.90. The first kappa shape index (κ1) is 76.5. The van der Waals surface area contributed by atoms with E-state index in [1.54, 1.807) is 0 Å². The lowest BCUT2D eigenvalue weighted by atomic mass is 10.0. The number of carbonyl (C=O) groups is 2. The molecule has 0 aliphatic carbocycles. The quantitative estimate of drug-likeness (QED) is 0.0212. The zero-order chi connectivity index (χ0) is 57.2. The van der Waals surface area contributed by atoms with E-state index in [0.717, 1.165) is 57.8 Å². The van der Waals surface area contributed by atoms with Gasteiger partial charge < -0.3 is 28.5 Å². The van der Waals surface area contributed by atoms with Gasteiger partial charge in [-0.15, -0.1) is 0 Å². The molecule has 9 nitrogen and oxygen atoms in total. The molecule has 1 amide bonds. The minimum atomic E-state index is -4.70. The summed E-state index contributed by atoms with van der Waals surface area (Å²) in [5.41, 5.74) is 0. The van der Waals surface area contributed by atoms with Crippen molar-refractivity contribution in [2.75, 3.05) is 40.9 Å². The zero-order valence-corrected chi connectivity index (χ0v) is 53.8. The van der Waals surface area contributed by atoms with Gasteiger partial charge in [-0.3, -0.25) is 14.2 Å². The molecule has 0 aromatic carbocycles. The molecule has 0 aliphatic heterocycles. The highest BCUT2D eigenvalue weighted by Crippen LogP contribution is 2.38. The number of quaternary nitrogens is 1. The Hall–Kier alpha value is -1.51. The number of unbranched alkanes of at least 4 members (excludes halogenated alkanes) is 45. The summed E-state index contributed by atoms with van der Waals surface area (Å²) in [4.78, 5) is 40.1. The van der Waals surface area contributed by atoms with Crippen molar-refractivity contribution in [3.63, 3.8) is 0 Å². The molecule has 0 rings (SSSR count). The molecule has 3 atom stereocenters. The Kier molecular flexibility index (Phi) is 57.5. The van der Waals surface area contributed by atoms with Crippen molar-refractivity contribution >= 4 is 19.7 Å². The highest BCUT2D eigenvalue weighted by molar-refractivity contribution is 7.45. The molecular formula is C68H133N2O7P. The minimum Gasteiger partial charge on any atom is -0.756 e. The molecule has 0 saturated heterocycles. The van der Waals surface area contributed by atoms with Crippen molar-refractivity contribution in [1.29, 1.82) is 0 Å². The van der Waals surface area contributed by atoms with Crippen molar-refractivity contribution in [1.82, 2.24) is 5.32 Å². The molecule has 0 aliphatic rings. The Labute approximate surface area is 485 Å². The fourth-order valence-electron chi connectivity index (χ4n) is 10.3. The van der Waals surface area contributed by atoms with Crippen molar-refractivity contribution in [3.8, 4) is 0 Å². The van der Waals surface area contributed by atoms with E-state index >= 15 is 0 Å². The smallest absolute Gasteiger partial charge is 0.306 e. The molecule has 3 unspecified atom stereocenters. The standard InChI is InChI=1S/C68H133N2O7P/c1-7-10-13-16-19-22-25-28-30-32-34-35-37-38-40-42-45-48-51-54-57-60-67(71)69-65(64-76-78(73,74)75-63-62-70(4,5)6)66(59-56-53-50-47-44-27-24-21-18-15-12-9-3)77-68(72)61-58-55-52-49-46-43-41-39-36-33-31-29-26-23-20-17-14-11-8-2/h28,30,56,59,65-66H,7-27,29,31-55,57-58,60-64H2,1-6H3,(H-,69,71,73,74)/b30-28+,59-56+. The third-order valence-corrected chi connectivity index (χ3v) is 16.6. The number of ether oxygens (including phenoxy) is 1. The number of rotatable bonds is 63. The van der Waals surface area contributed by atoms with Gasteiger partial charge in [0.05, 0.1) is 33.8 Å². The van der Waals surface area contributed by atoms with Crippen LogP contribution in [0.5, 0.6) is 0 Å². The summed E-state index contributed by atoms with van der Waals surface area (Å²) < 4.78 is 30.4. The number of phosphoric ester groups is 1. The minimum absolute atomic E-state index is 0.0185. The summed E-state index contributed by atoms with van der Waals surface area (Å²) in [6.07, 6.45) is 70.0. The van der Waals surface area contributed by atoms with Crippen LogP contribution in [-0.2, 0) is 27.9 Å². The Balaban J connectivity index is 5.11. The molecule has 0 saturated carbocycles. The molecule has 0 fully saturated rings. The van der Waals surface area contributed by atoms with Crippen LogP contribution in [0.15, 0.2) is 24.3 Å². The van der Waals surface area contributed by atoms with E-state index < -0.39 is 20.0 Å². The second-order valence-electron chi connectivity index (χ2n) is 24.7. The fraction of sp³-hybridized carbons (Fsp3) is 0.912. The fourth-order valence-corrected chi connectivity index (χ4v) is 11.1. The summed E-state index contributed by atoms with van der Waals surface area (Å²) in [7, 11) is 1.20. The third kappa shape index (κ3) is 59.1. The Bertz CT molecular complexity index is 1380. The van der Waals surface area contributed by atoms with Crippen LogP contribution in [0.25, 0.3) is 0 Å². The second-order valence-corrected chi connectivity index (χ2v) is 26.1. The number of likely N-dealkylation sites (N-methyl/N-ethyl adjacent to an activating group) is 1. The topological polar surface area (TPSA) is 114 Å². The molecule has 0 heterocycles. The van der Waals surface area contributed by atoms with Gasteiger partial charge in [-0.1, -0.05) is 302 Å². The maximum absolute atomic E-state index is 13.6. The Morgan fingerprint density at radius 2 is 0.744 bits per heavy atom. The third-order valence-electron chi connectivity index (χ3n) is 15.6. The molecule has 1 N–H and O–H groups in total. The van der Waals surface area contributed by atoms with Crippen molar-refractivity contribution < 1.29 is 37.3 Å². The largest absolute Gasteiger partial charge is 0.756 e. The lowest BCUT2D eigenvalue weighted by Crippen LogP contribution is -2.47. The van der Waals surface area contributed by atoms with Gasteiger partial charge in [-0.25, -0.2) is 0 Å². The zero-order valence-electron chi connectivity index (χ0n) is 52.9. The normalized spacial score (nSPS) is 13.7.